The second-order valence-electron chi connectivity index (χ2n) is 5.19. The van der Waals surface area contributed by atoms with Gasteiger partial charge in [0.2, 0.25) is 0 Å². The van der Waals surface area contributed by atoms with E-state index in [1.54, 1.807) is 0 Å². The van der Waals surface area contributed by atoms with Crippen molar-refractivity contribution in [3.8, 4) is 23.1 Å². The van der Waals surface area contributed by atoms with Crippen LogP contribution >= 0.6 is 15.9 Å². The Labute approximate surface area is 138 Å². The van der Waals surface area contributed by atoms with E-state index in [9.17, 15) is 0 Å². The summed E-state index contributed by atoms with van der Waals surface area (Å²) in [4.78, 5) is 4.60. The molecular formula is C18H14BrN3. The highest BCUT2D eigenvalue weighted by atomic mass is 79.9. The topological polar surface area (TPSA) is 41.6 Å². The lowest BCUT2D eigenvalue weighted by atomic mass is 10.0. The van der Waals surface area contributed by atoms with Crippen LogP contribution in [0.2, 0.25) is 0 Å². The van der Waals surface area contributed by atoms with Gasteiger partial charge in [-0.05, 0) is 53.0 Å². The van der Waals surface area contributed by atoms with Gasteiger partial charge in [-0.2, -0.15) is 5.26 Å². The van der Waals surface area contributed by atoms with Crippen LogP contribution in [0.15, 0.2) is 53.3 Å². The van der Waals surface area contributed by atoms with Crippen LogP contribution in [0.3, 0.4) is 0 Å². The van der Waals surface area contributed by atoms with E-state index in [2.05, 4.69) is 31.6 Å². The van der Waals surface area contributed by atoms with E-state index in [-0.39, 0.29) is 0 Å². The Morgan fingerprint density at radius 3 is 2.32 bits per heavy atom. The molecule has 0 fully saturated rings. The smallest absolute Gasteiger partial charge is 0.145 e. The van der Waals surface area contributed by atoms with Crippen molar-refractivity contribution in [2.24, 2.45) is 0 Å². The number of nitriles is 1. The number of halogens is 1. The summed E-state index contributed by atoms with van der Waals surface area (Å²) in [5.74, 6) is 0.878. The SMILES string of the molecule is Cc1cc(C#N)cc(C)c1-n1cc(Br)nc1-c1ccccc1. The molecule has 0 aliphatic rings. The van der Waals surface area contributed by atoms with Gasteiger partial charge in [-0.1, -0.05) is 30.3 Å². The molecule has 0 amide bonds. The Kier molecular flexibility index (Phi) is 3.82. The summed E-state index contributed by atoms with van der Waals surface area (Å²) in [6.45, 7) is 4.04. The summed E-state index contributed by atoms with van der Waals surface area (Å²) in [6.07, 6.45) is 1.96. The predicted octanol–water partition coefficient (Wildman–Crippen LogP) is 4.79. The van der Waals surface area contributed by atoms with E-state index in [0.717, 1.165) is 32.8 Å². The van der Waals surface area contributed by atoms with Crippen molar-refractivity contribution >= 4 is 15.9 Å². The number of benzene rings is 2. The number of nitrogens with zero attached hydrogens (tertiary/aromatic N) is 3. The molecule has 0 spiro atoms. The van der Waals surface area contributed by atoms with Crippen molar-refractivity contribution in [3.05, 3.63) is 70.0 Å². The Morgan fingerprint density at radius 1 is 1.09 bits per heavy atom. The molecule has 0 unspecified atom stereocenters. The Balaban J connectivity index is 2.25. The van der Waals surface area contributed by atoms with Crippen LogP contribution in [0.25, 0.3) is 17.1 Å². The molecule has 1 heterocycles. The zero-order valence-corrected chi connectivity index (χ0v) is 13.9. The van der Waals surface area contributed by atoms with Gasteiger partial charge in [0.05, 0.1) is 17.3 Å². The largest absolute Gasteiger partial charge is 0.298 e. The number of rotatable bonds is 2. The molecule has 108 valence electrons. The van der Waals surface area contributed by atoms with E-state index >= 15 is 0 Å². The molecule has 3 nitrogen and oxygen atoms in total. The molecule has 3 aromatic rings. The molecule has 0 saturated heterocycles. The van der Waals surface area contributed by atoms with Crippen molar-refractivity contribution in [1.29, 1.82) is 5.26 Å². The number of imidazole rings is 1. The van der Waals surface area contributed by atoms with E-state index in [1.807, 2.05) is 62.5 Å². The van der Waals surface area contributed by atoms with Crippen molar-refractivity contribution in [1.82, 2.24) is 9.55 Å². The van der Waals surface area contributed by atoms with Crippen LogP contribution < -0.4 is 0 Å². The second-order valence-corrected chi connectivity index (χ2v) is 6.01. The quantitative estimate of drug-likeness (QED) is 0.665. The minimum absolute atomic E-state index is 0.680. The zero-order chi connectivity index (χ0) is 15.7. The van der Waals surface area contributed by atoms with Crippen molar-refractivity contribution < 1.29 is 0 Å². The van der Waals surface area contributed by atoms with Gasteiger partial charge in [-0.25, -0.2) is 4.98 Å². The maximum Gasteiger partial charge on any atom is 0.145 e. The number of aromatic nitrogens is 2. The summed E-state index contributed by atoms with van der Waals surface area (Å²) in [7, 11) is 0. The first kappa shape index (κ1) is 14.6. The van der Waals surface area contributed by atoms with Gasteiger partial charge in [-0.15, -0.1) is 0 Å². The van der Waals surface area contributed by atoms with Gasteiger partial charge in [0, 0.05) is 11.8 Å². The molecule has 2 aromatic carbocycles. The van der Waals surface area contributed by atoms with Crippen LogP contribution in [0.1, 0.15) is 16.7 Å². The Morgan fingerprint density at radius 2 is 1.73 bits per heavy atom. The molecule has 22 heavy (non-hydrogen) atoms. The predicted molar refractivity (Wildman–Crippen MR) is 90.9 cm³/mol. The minimum Gasteiger partial charge on any atom is -0.298 e. The normalized spacial score (nSPS) is 10.5. The van der Waals surface area contributed by atoms with Gasteiger partial charge in [0.1, 0.15) is 10.4 Å². The van der Waals surface area contributed by atoms with Crippen molar-refractivity contribution in [2.75, 3.05) is 0 Å². The molecule has 4 heteroatoms. The van der Waals surface area contributed by atoms with E-state index < -0.39 is 0 Å². The fourth-order valence-electron chi connectivity index (χ4n) is 2.71. The van der Waals surface area contributed by atoms with Crippen LogP contribution in [-0.2, 0) is 0 Å². The lowest BCUT2D eigenvalue weighted by Crippen LogP contribution is -2.02. The lowest BCUT2D eigenvalue weighted by molar-refractivity contribution is 1.03. The number of aryl methyl sites for hydroxylation is 2. The highest BCUT2D eigenvalue weighted by Crippen LogP contribution is 2.29. The monoisotopic (exact) mass is 351 g/mol. The van der Waals surface area contributed by atoms with Gasteiger partial charge in [0.25, 0.3) is 0 Å². The minimum atomic E-state index is 0.680. The molecule has 0 atom stereocenters. The van der Waals surface area contributed by atoms with Gasteiger partial charge < -0.3 is 0 Å². The van der Waals surface area contributed by atoms with E-state index in [0.29, 0.717) is 5.56 Å². The standard InChI is InChI=1S/C18H14BrN3/c1-12-8-14(10-20)9-13(2)17(12)22-11-16(19)21-18(22)15-6-4-3-5-7-15/h3-9,11H,1-2H3. The molecule has 0 aliphatic heterocycles. The molecule has 0 saturated carbocycles. The summed E-state index contributed by atoms with van der Waals surface area (Å²) >= 11 is 3.47. The fraction of sp³-hybridized carbons (Fsp3) is 0.111. The summed E-state index contributed by atoms with van der Waals surface area (Å²) in [5, 5.41) is 9.11. The van der Waals surface area contributed by atoms with Gasteiger partial charge in [-0.3, -0.25) is 4.57 Å². The van der Waals surface area contributed by atoms with Crippen molar-refractivity contribution in [3.63, 3.8) is 0 Å². The number of hydrogen-bond acceptors (Lipinski definition) is 2. The Bertz CT molecular complexity index is 850. The van der Waals surface area contributed by atoms with Crippen LogP contribution in [0.4, 0.5) is 0 Å². The highest BCUT2D eigenvalue weighted by Gasteiger charge is 2.14. The van der Waals surface area contributed by atoms with Crippen LogP contribution in [0.5, 0.6) is 0 Å². The molecule has 0 bridgehead atoms. The maximum atomic E-state index is 9.11. The summed E-state index contributed by atoms with van der Waals surface area (Å²) < 4.78 is 2.86. The first-order valence-corrected chi connectivity index (χ1v) is 7.71. The average molecular weight is 352 g/mol. The second kappa shape index (κ2) is 5.78. The summed E-state index contributed by atoms with van der Waals surface area (Å²) in [5.41, 5.74) is 4.91. The molecular weight excluding hydrogens is 338 g/mol. The van der Waals surface area contributed by atoms with Crippen molar-refractivity contribution in [2.45, 2.75) is 13.8 Å². The fourth-order valence-corrected chi connectivity index (χ4v) is 3.09. The molecule has 3 rings (SSSR count). The summed E-state index contributed by atoms with van der Waals surface area (Å²) in [6, 6.07) is 16.1. The van der Waals surface area contributed by atoms with Gasteiger partial charge >= 0.3 is 0 Å². The van der Waals surface area contributed by atoms with E-state index in [1.165, 1.54) is 0 Å². The molecule has 1 aromatic heterocycles. The third kappa shape index (κ3) is 2.56. The van der Waals surface area contributed by atoms with Gasteiger partial charge in [0.15, 0.2) is 0 Å². The lowest BCUT2D eigenvalue weighted by Gasteiger charge is -2.14. The van der Waals surface area contributed by atoms with E-state index in [4.69, 9.17) is 5.26 Å². The average Bonchev–Trinajstić information content (AvgIpc) is 2.89. The third-order valence-electron chi connectivity index (χ3n) is 3.57. The highest BCUT2D eigenvalue weighted by molar-refractivity contribution is 9.10. The molecule has 0 N–H and O–H groups in total. The first-order valence-electron chi connectivity index (χ1n) is 6.92. The maximum absolute atomic E-state index is 9.11. The molecule has 0 radical (unpaired) electrons. The first-order chi connectivity index (χ1) is 10.6. The Hall–Kier alpha value is -2.38. The third-order valence-corrected chi connectivity index (χ3v) is 3.95. The van der Waals surface area contributed by atoms with Crippen LogP contribution in [-0.4, -0.2) is 9.55 Å². The zero-order valence-electron chi connectivity index (χ0n) is 12.3. The number of hydrogen-bond donors (Lipinski definition) is 0. The van der Waals surface area contributed by atoms with Crippen LogP contribution in [0, 0.1) is 25.2 Å². The molecule has 0 aliphatic carbocycles.